The Bertz CT molecular complexity index is 396. The van der Waals surface area contributed by atoms with Crippen molar-refractivity contribution in [1.29, 1.82) is 0 Å². The maximum Gasteiger partial charge on any atom is 0.224 e. The Hall–Kier alpha value is -1.36. The van der Waals surface area contributed by atoms with Gasteiger partial charge >= 0.3 is 0 Å². The second-order valence-electron chi connectivity index (χ2n) is 3.60. The molecule has 0 fully saturated rings. The molecule has 2 heterocycles. The molecule has 1 aromatic rings. The zero-order chi connectivity index (χ0) is 11.0. The maximum absolute atomic E-state index is 10.9. The number of nitrogens with zero attached hydrogens (tertiary/aromatic N) is 3. The van der Waals surface area contributed by atoms with Crippen LogP contribution in [0.4, 0.5) is 11.5 Å². The molecule has 0 radical (unpaired) electrons. The number of rotatable bonds is 2. The van der Waals surface area contributed by atoms with Gasteiger partial charge in [-0.2, -0.15) is 4.98 Å². The molecule has 6 heteroatoms. The normalized spacial score (nSPS) is 18.9. The highest BCUT2D eigenvalue weighted by atomic mass is 35.5. The van der Waals surface area contributed by atoms with Gasteiger partial charge in [0.2, 0.25) is 5.28 Å². The van der Waals surface area contributed by atoms with E-state index in [-0.39, 0.29) is 17.5 Å². The van der Waals surface area contributed by atoms with E-state index in [1.165, 1.54) is 0 Å². The second-order valence-corrected chi connectivity index (χ2v) is 3.94. The van der Waals surface area contributed by atoms with Crippen molar-refractivity contribution in [3.8, 4) is 0 Å². The van der Waals surface area contributed by atoms with Crippen molar-refractivity contribution in [3.05, 3.63) is 11.5 Å². The van der Waals surface area contributed by atoms with E-state index in [2.05, 4.69) is 15.3 Å². The van der Waals surface area contributed by atoms with E-state index < -0.39 is 0 Å². The van der Waals surface area contributed by atoms with Crippen LogP contribution in [0.1, 0.15) is 13.8 Å². The average molecular weight is 227 g/mol. The number of fused-ring (bicyclic) bond motifs is 1. The summed E-state index contributed by atoms with van der Waals surface area (Å²) in [5, 5.41) is 3.20. The topological polar surface area (TPSA) is 58.1 Å². The molecule has 1 atom stereocenters. The molecule has 1 aliphatic rings. The first-order valence-corrected chi connectivity index (χ1v) is 5.04. The smallest absolute Gasteiger partial charge is 0.224 e. The molecule has 1 aliphatic heterocycles. The summed E-state index contributed by atoms with van der Waals surface area (Å²) in [4.78, 5) is 20.7. The van der Waals surface area contributed by atoms with Crippen molar-refractivity contribution in [2.45, 2.75) is 26.1 Å². The molecular weight excluding hydrogens is 216 g/mol. The predicted octanol–water partition coefficient (Wildman–Crippen LogP) is 1.30. The molecule has 0 amide bonds. The molecule has 0 aliphatic carbocycles. The quantitative estimate of drug-likeness (QED) is 0.609. The van der Waals surface area contributed by atoms with Gasteiger partial charge in [-0.15, -0.1) is 0 Å². The highest BCUT2D eigenvalue weighted by Gasteiger charge is 2.31. The molecule has 15 heavy (non-hydrogen) atoms. The standard InChI is InChI=1S/C9H11ClN4O/c1-5(2)14-7(4-15)12-6-3-11-9(10)13-8(6)14/h3-5,7,12H,1-2H3. The molecular formula is C9H11ClN4O. The third-order valence-electron chi connectivity index (χ3n) is 2.27. The number of anilines is 2. The largest absolute Gasteiger partial charge is 0.355 e. The lowest BCUT2D eigenvalue weighted by Gasteiger charge is -2.25. The van der Waals surface area contributed by atoms with Crippen molar-refractivity contribution < 1.29 is 4.79 Å². The fourth-order valence-electron chi connectivity index (χ4n) is 1.68. The van der Waals surface area contributed by atoms with Gasteiger partial charge in [0, 0.05) is 6.04 Å². The van der Waals surface area contributed by atoms with Crippen LogP contribution in [0.3, 0.4) is 0 Å². The third-order valence-corrected chi connectivity index (χ3v) is 2.45. The Labute approximate surface area is 92.5 Å². The van der Waals surface area contributed by atoms with Crippen LogP contribution in [0.15, 0.2) is 6.20 Å². The van der Waals surface area contributed by atoms with Gasteiger partial charge in [0.05, 0.1) is 11.9 Å². The summed E-state index contributed by atoms with van der Waals surface area (Å²) < 4.78 is 0. The first-order chi connectivity index (χ1) is 7.13. The number of halogens is 1. The van der Waals surface area contributed by atoms with Gasteiger partial charge in [-0.25, -0.2) is 4.98 Å². The zero-order valence-electron chi connectivity index (χ0n) is 8.44. The van der Waals surface area contributed by atoms with Crippen LogP contribution in [0.2, 0.25) is 5.28 Å². The van der Waals surface area contributed by atoms with E-state index in [0.29, 0.717) is 5.82 Å². The van der Waals surface area contributed by atoms with E-state index in [0.717, 1.165) is 12.0 Å². The van der Waals surface area contributed by atoms with E-state index in [1.54, 1.807) is 6.20 Å². The zero-order valence-corrected chi connectivity index (χ0v) is 9.19. The van der Waals surface area contributed by atoms with Gasteiger partial charge in [0.1, 0.15) is 0 Å². The van der Waals surface area contributed by atoms with Crippen LogP contribution in [-0.2, 0) is 4.79 Å². The van der Waals surface area contributed by atoms with E-state index in [4.69, 9.17) is 11.6 Å². The SMILES string of the molecule is CC(C)N1c2nc(Cl)ncc2NC1C=O. The minimum absolute atomic E-state index is 0.167. The Balaban J connectivity index is 2.45. The van der Waals surface area contributed by atoms with Gasteiger partial charge in [0.15, 0.2) is 18.3 Å². The summed E-state index contributed by atoms with van der Waals surface area (Å²) in [6.07, 6.45) is 2.05. The highest BCUT2D eigenvalue weighted by molar-refractivity contribution is 6.28. The maximum atomic E-state index is 10.9. The molecule has 0 bridgehead atoms. The molecule has 0 saturated heterocycles. The van der Waals surface area contributed by atoms with Crippen molar-refractivity contribution in [2.75, 3.05) is 10.2 Å². The van der Waals surface area contributed by atoms with Crippen molar-refractivity contribution in [1.82, 2.24) is 9.97 Å². The molecule has 1 aromatic heterocycles. The Kier molecular flexibility index (Phi) is 2.48. The minimum atomic E-state index is -0.382. The fourth-order valence-corrected chi connectivity index (χ4v) is 1.81. The predicted molar refractivity (Wildman–Crippen MR) is 58.1 cm³/mol. The van der Waals surface area contributed by atoms with Crippen LogP contribution in [0, 0.1) is 0 Å². The first-order valence-electron chi connectivity index (χ1n) is 4.66. The van der Waals surface area contributed by atoms with Crippen LogP contribution in [-0.4, -0.2) is 28.5 Å². The number of carbonyl (C=O) groups is 1. The Morgan fingerprint density at radius 2 is 2.40 bits per heavy atom. The van der Waals surface area contributed by atoms with Crippen molar-refractivity contribution in [3.63, 3.8) is 0 Å². The summed E-state index contributed by atoms with van der Waals surface area (Å²) in [6, 6.07) is 0.167. The van der Waals surface area contributed by atoms with Gasteiger partial charge in [-0.3, -0.25) is 4.79 Å². The minimum Gasteiger partial charge on any atom is -0.355 e. The lowest BCUT2D eigenvalue weighted by atomic mass is 10.3. The average Bonchev–Trinajstić information content (AvgIpc) is 2.55. The number of hydrogen-bond acceptors (Lipinski definition) is 5. The summed E-state index contributed by atoms with van der Waals surface area (Å²) in [7, 11) is 0. The summed E-state index contributed by atoms with van der Waals surface area (Å²) >= 11 is 5.72. The number of carbonyl (C=O) groups excluding carboxylic acids is 1. The van der Waals surface area contributed by atoms with Gasteiger partial charge in [-0.05, 0) is 25.4 Å². The van der Waals surface area contributed by atoms with Crippen molar-refractivity contribution >= 4 is 29.4 Å². The van der Waals surface area contributed by atoms with E-state index in [1.807, 2.05) is 18.7 Å². The molecule has 2 rings (SSSR count). The highest BCUT2D eigenvalue weighted by Crippen LogP contribution is 2.33. The molecule has 1 unspecified atom stereocenters. The van der Waals surface area contributed by atoms with Crippen LogP contribution in [0.5, 0.6) is 0 Å². The molecule has 80 valence electrons. The molecule has 5 nitrogen and oxygen atoms in total. The van der Waals surface area contributed by atoms with Gasteiger partial charge in [0.25, 0.3) is 0 Å². The van der Waals surface area contributed by atoms with Gasteiger partial charge < -0.3 is 10.2 Å². The number of aromatic nitrogens is 2. The van der Waals surface area contributed by atoms with Crippen LogP contribution < -0.4 is 10.2 Å². The lowest BCUT2D eigenvalue weighted by Crippen LogP contribution is -2.41. The van der Waals surface area contributed by atoms with Crippen LogP contribution in [0.25, 0.3) is 0 Å². The van der Waals surface area contributed by atoms with E-state index in [9.17, 15) is 4.79 Å². The first kappa shape index (κ1) is 10.2. The Morgan fingerprint density at radius 3 is 3.00 bits per heavy atom. The number of nitrogens with one attached hydrogen (secondary N) is 1. The van der Waals surface area contributed by atoms with Crippen molar-refractivity contribution in [2.24, 2.45) is 0 Å². The Morgan fingerprint density at radius 1 is 1.67 bits per heavy atom. The summed E-state index contributed by atoms with van der Waals surface area (Å²) in [6.45, 7) is 3.98. The van der Waals surface area contributed by atoms with Gasteiger partial charge in [-0.1, -0.05) is 0 Å². The number of hydrogen-bond donors (Lipinski definition) is 1. The molecule has 0 spiro atoms. The van der Waals surface area contributed by atoms with E-state index >= 15 is 0 Å². The number of aldehydes is 1. The third kappa shape index (κ3) is 1.63. The molecule has 0 aromatic carbocycles. The molecule has 0 saturated carbocycles. The lowest BCUT2D eigenvalue weighted by molar-refractivity contribution is -0.108. The summed E-state index contributed by atoms with van der Waals surface area (Å²) in [5.74, 6) is 0.683. The monoisotopic (exact) mass is 226 g/mol. The summed E-state index contributed by atoms with van der Waals surface area (Å²) in [5.41, 5.74) is 0.741. The fraction of sp³-hybridized carbons (Fsp3) is 0.444. The second kappa shape index (κ2) is 3.66. The van der Waals surface area contributed by atoms with Crippen LogP contribution >= 0.6 is 11.6 Å². The molecule has 1 N–H and O–H groups in total.